The van der Waals surface area contributed by atoms with Crippen molar-refractivity contribution in [2.24, 2.45) is 4.99 Å². The Morgan fingerprint density at radius 1 is 1.24 bits per heavy atom. The Labute approximate surface area is 200 Å². The van der Waals surface area contributed by atoms with Gasteiger partial charge in [-0.05, 0) is 43.9 Å². The quantitative estimate of drug-likeness (QED) is 0.522. The highest BCUT2D eigenvalue weighted by Gasteiger charge is 2.29. The maximum Gasteiger partial charge on any atom is 0.325 e. The number of benzene rings is 1. The molecule has 1 aromatic carbocycles. The number of ether oxygens (including phenoxy) is 1. The van der Waals surface area contributed by atoms with E-state index in [0.717, 1.165) is 37.0 Å². The lowest BCUT2D eigenvalue weighted by atomic mass is 10.0. The van der Waals surface area contributed by atoms with Gasteiger partial charge in [-0.1, -0.05) is 29.9 Å². The molecule has 2 amide bonds. The van der Waals surface area contributed by atoms with E-state index in [9.17, 15) is 22.8 Å². The standard InChI is InChI=1S/C21H26ClN3O6S2/c1-3-15-6-4-5-9-24(15)19(27)13-33(29,30)12-18(26)23-21-25(11-20(28)31-2)16-8-7-14(22)10-17(16)32-21/h7-8,10,15H,3-6,9,11-13H2,1-2H3. The van der Waals surface area contributed by atoms with Crippen LogP contribution in [-0.4, -0.2) is 66.9 Å². The first-order valence-electron chi connectivity index (χ1n) is 10.6. The normalized spacial score (nSPS) is 17.4. The molecule has 180 valence electrons. The Hall–Kier alpha value is -2.24. The molecule has 0 radical (unpaired) electrons. The number of amides is 2. The lowest BCUT2D eigenvalue weighted by Gasteiger charge is -2.35. The van der Waals surface area contributed by atoms with Crippen molar-refractivity contribution in [3.8, 4) is 0 Å². The number of hydrogen-bond donors (Lipinski definition) is 0. The second kappa shape index (κ2) is 10.8. The zero-order valence-electron chi connectivity index (χ0n) is 18.5. The largest absolute Gasteiger partial charge is 0.468 e. The van der Waals surface area contributed by atoms with Crippen LogP contribution >= 0.6 is 22.9 Å². The average Bonchev–Trinajstić information content (AvgIpc) is 3.08. The van der Waals surface area contributed by atoms with Crippen LogP contribution < -0.4 is 4.80 Å². The molecule has 33 heavy (non-hydrogen) atoms. The molecular formula is C21H26ClN3O6S2. The fourth-order valence-corrected chi connectivity index (χ4v) is 6.29. The minimum Gasteiger partial charge on any atom is -0.468 e. The average molecular weight is 516 g/mol. The third kappa shape index (κ3) is 6.42. The lowest BCUT2D eigenvalue weighted by molar-refractivity contribution is -0.141. The van der Waals surface area contributed by atoms with E-state index in [0.29, 0.717) is 21.8 Å². The van der Waals surface area contributed by atoms with Gasteiger partial charge in [-0.15, -0.1) is 0 Å². The van der Waals surface area contributed by atoms with Crippen molar-refractivity contribution in [1.82, 2.24) is 9.47 Å². The maximum atomic E-state index is 12.6. The predicted molar refractivity (Wildman–Crippen MR) is 126 cm³/mol. The number of piperidine rings is 1. The summed E-state index contributed by atoms with van der Waals surface area (Å²) >= 11 is 7.13. The third-order valence-corrected chi connectivity index (χ3v) is 8.14. The Morgan fingerprint density at radius 2 is 2.00 bits per heavy atom. The van der Waals surface area contributed by atoms with E-state index in [-0.39, 0.29) is 17.4 Å². The molecule has 2 heterocycles. The van der Waals surface area contributed by atoms with Crippen LogP contribution in [0.3, 0.4) is 0 Å². The van der Waals surface area contributed by atoms with E-state index < -0.39 is 39.1 Å². The fraction of sp³-hybridized carbons (Fsp3) is 0.524. The van der Waals surface area contributed by atoms with Crippen molar-refractivity contribution in [2.45, 2.75) is 45.2 Å². The summed E-state index contributed by atoms with van der Waals surface area (Å²) < 4.78 is 32.0. The van der Waals surface area contributed by atoms with Gasteiger partial charge >= 0.3 is 5.97 Å². The number of fused-ring (bicyclic) bond motifs is 1. The van der Waals surface area contributed by atoms with Crippen LogP contribution in [0, 0.1) is 0 Å². The number of rotatable bonds is 7. The van der Waals surface area contributed by atoms with Crippen LogP contribution in [0.15, 0.2) is 23.2 Å². The van der Waals surface area contributed by atoms with Crippen molar-refractivity contribution in [3.63, 3.8) is 0 Å². The third-order valence-electron chi connectivity index (χ3n) is 5.49. The summed E-state index contributed by atoms with van der Waals surface area (Å²) in [5.74, 6) is -3.56. The first-order valence-corrected chi connectivity index (χ1v) is 13.6. The van der Waals surface area contributed by atoms with Crippen LogP contribution in [0.1, 0.15) is 32.6 Å². The number of nitrogens with zero attached hydrogens (tertiary/aromatic N) is 3. The SMILES string of the molecule is CCC1CCCCN1C(=O)CS(=O)(=O)CC(=O)N=c1sc2cc(Cl)ccc2n1CC(=O)OC. The summed E-state index contributed by atoms with van der Waals surface area (Å²) in [4.78, 5) is 42.7. The van der Waals surface area contributed by atoms with E-state index in [4.69, 9.17) is 16.3 Å². The second-order valence-corrected chi connectivity index (χ2v) is 11.4. The van der Waals surface area contributed by atoms with Gasteiger partial charge < -0.3 is 14.2 Å². The molecule has 1 unspecified atom stereocenters. The number of carbonyl (C=O) groups is 3. The van der Waals surface area contributed by atoms with Crippen LogP contribution in [0.4, 0.5) is 0 Å². The van der Waals surface area contributed by atoms with Crippen LogP contribution in [0.2, 0.25) is 5.02 Å². The first kappa shape index (κ1) is 25.4. The molecule has 12 heteroatoms. The highest BCUT2D eigenvalue weighted by atomic mass is 35.5. The molecule has 0 spiro atoms. The minimum atomic E-state index is -4.01. The molecule has 0 bridgehead atoms. The number of halogens is 1. The summed E-state index contributed by atoms with van der Waals surface area (Å²) in [7, 11) is -2.77. The highest BCUT2D eigenvalue weighted by Crippen LogP contribution is 2.22. The van der Waals surface area contributed by atoms with Crippen LogP contribution in [0.25, 0.3) is 10.2 Å². The Kier molecular flexibility index (Phi) is 8.30. The maximum absolute atomic E-state index is 12.6. The van der Waals surface area contributed by atoms with E-state index in [1.54, 1.807) is 23.1 Å². The monoisotopic (exact) mass is 515 g/mol. The predicted octanol–water partition coefficient (Wildman–Crippen LogP) is 2.16. The number of esters is 1. The number of hydrogen-bond acceptors (Lipinski definition) is 7. The summed E-state index contributed by atoms with van der Waals surface area (Å²) in [6.45, 7) is 2.29. The molecule has 0 aliphatic carbocycles. The lowest BCUT2D eigenvalue weighted by Crippen LogP contribution is -2.46. The topological polar surface area (TPSA) is 115 Å². The molecular weight excluding hydrogens is 490 g/mol. The van der Waals surface area contributed by atoms with Crippen molar-refractivity contribution >= 4 is 60.8 Å². The van der Waals surface area contributed by atoms with Crippen LogP contribution in [-0.2, 0) is 35.5 Å². The number of thiazole rings is 1. The number of likely N-dealkylation sites (tertiary alicyclic amines) is 1. The molecule has 0 saturated carbocycles. The number of sulfone groups is 1. The van der Waals surface area contributed by atoms with Gasteiger partial charge in [-0.3, -0.25) is 14.4 Å². The minimum absolute atomic E-state index is 0.0319. The summed E-state index contributed by atoms with van der Waals surface area (Å²) in [5.41, 5.74) is 0.607. The van der Waals surface area contributed by atoms with E-state index in [1.807, 2.05) is 6.92 Å². The van der Waals surface area contributed by atoms with Gasteiger partial charge in [0.15, 0.2) is 14.6 Å². The molecule has 3 rings (SSSR count). The summed E-state index contributed by atoms with van der Waals surface area (Å²) in [6.07, 6.45) is 3.47. The summed E-state index contributed by atoms with van der Waals surface area (Å²) in [6, 6.07) is 5.01. The van der Waals surface area contributed by atoms with Gasteiger partial charge in [-0.25, -0.2) is 8.42 Å². The van der Waals surface area contributed by atoms with Crippen molar-refractivity contribution in [1.29, 1.82) is 0 Å². The zero-order chi connectivity index (χ0) is 24.2. The number of carbonyl (C=O) groups excluding carboxylic acids is 3. The van der Waals surface area contributed by atoms with Gasteiger partial charge in [0.1, 0.15) is 18.1 Å². The molecule has 1 aliphatic rings. The molecule has 1 aliphatic heterocycles. The second-order valence-electron chi connectivity index (χ2n) is 7.84. The Morgan fingerprint density at radius 3 is 2.70 bits per heavy atom. The molecule has 9 nitrogen and oxygen atoms in total. The van der Waals surface area contributed by atoms with Gasteiger partial charge in [0.2, 0.25) is 5.91 Å². The van der Waals surface area contributed by atoms with Crippen LogP contribution in [0.5, 0.6) is 0 Å². The Bertz CT molecular complexity index is 1230. The molecule has 1 aromatic heterocycles. The van der Waals surface area contributed by atoms with Crippen molar-refractivity contribution in [2.75, 3.05) is 25.2 Å². The highest BCUT2D eigenvalue weighted by molar-refractivity contribution is 7.92. The summed E-state index contributed by atoms with van der Waals surface area (Å²) in [5, 5.41) is 0.469. The molecule has 1 saturated heterocycles. The van der Waals surface area contributed by atoms with Gasteiger partial charge in [-0.2, -0.15) is 4.99 Å². The van der Waals surface area contributed by atoms with E-state index in [1.165, 1.54) is 11.7 Å². The fourth-order valence-electron chi connectivity index (χ4n) is 3.88. The zero-order valence-corrected chi connectivity index (χ0v) is 20.8. The van der Waals surface area contributed by atoms with E-state index >= 15 is 0 Å². The van der Waals surface area contributed by atoms with Crippen molar-refractivity contribution < 1.29 is 27.5 Å². The Balaban J connectivity index is 1.82. The molecule has 2 aromatic rings. The smallest absolute Gasteiger partial charge is 0.325 e. The van der Waals surface area contributed by atoms with Gasteiger partial charge in [0.25, 0.3) is 5.91 Å². The number of aromatic nitrogens is 1. The van der Waals surface area contributed by atoms with Gasteiger partial charge in [0, 0.05) is 17.6 Å². The van der Waals surface area contributed by atoms with Crippen molar-refractivity contribution in [3.05, 3.63) is 28.0 Å². The first-order chi connectivity index (χ1) is 15.6. The number of methoxy groups -OCH3 is 1. The van der Waals surface area contributed by atoms with E-state index in [2.05, 4.69) is 4.99 Å². The molecule has 0 N–H and O–H groups in total. The molecule has 1 atom stereocenters. The molecule has 1 fully saturated rings. The van der Waals surface area contributed by atoms with Gasteiger partial charge in [0.05, 0.1) is 17.3 Å².